The summed E-state index contributed by atoms with van der Waals surface area (Å²) in [6.45, 7) is 2.09. The van der Waals surface area contributed by atoms with Crippen LogP contribution in [0.3, 0.4) is 0 Å². The number of imide groups is 1. The fraction of sp³-hybridized carbons (Fsp3) is 0.423. The molecule has 0 aromatic heterocycles. The molecule has 4 aliphatic carbocycles. The molecule has 5 heteroatoms. The first-order valence-corrected chi connectivity index (χ1v) is 11.2. The monoisotopic (exact) mass is 415 g/mol. The summed E-state index contributed by atoms with van der Waals surface area (Å²) < 4.78 is 0. The van der Waals surface area contributed by atoms with Crippen molar-refractivity contribution >= 4 is 17.8 Å². The summed E-state index contributed by atoms with van der Waals surface area (Å²) in [7, 11) is 0. The number of hydrogen-bond donors (Lipinski definition) is 0. The Hall–Kier alpha value is -2.95. The van der Waals surface area contributed by atoms with Crippen molar-refractivity contribution in [1.29, 1.82) is 0 Å². The van der Waals surface area contributed by atoms with Crippen LogP contribution in [0.2, 0.25) is 0 Å². The van der Waals surface area contributed by atoms with Crippen molar-refractivity contribution in [3.63, 3.8) is 0 Å². The second-order valence-electron chi connectivity index (χ2n) is 10.2. The summed E-state index contributed by atoms with van der Waals surface area (Å²) in [6, 6.07) is 15.3. The normalized spacial score (nSPS) is 33.0. The minimum Gasteiger partial charge on any atom is -0.329 e. The molecule has 0 saturated heterocycles. The maximum atomic E-state index is 13.6. The van der Waals surface area contributed by atoms with E-state index in [9.17, 15) is 14.4 Å². The van der Waals surface area contributed by atoms with E-state index >= 15 is 0 Å². The molecule has 2 atom stereocenters. The van der Waals surface area contributed by atoms with Crippen molar-refractivity contribution in [2.45, 2.75) is 50.9 Å². The molecule has 2 unspecified atom stereocenters. The van der Waals surface area contributed by atoms with E-state index < -0.39 is 23.2 Å². The lowest BCUT2D eigenvalue weighted by Crippen LogP contribution is -2.58. The van der Waals surface area contributed by atoms with Gasteiger partial charge in [-0.25, -0.2) is 4.79 Å². The number of hydroxylamine groups is 2. The molecule has 1 aliphatic heterocycles. The highest BCUT2D eigenvalue weighted by Gasteiger charge is 2.62. The average Bonchev–Trinajstić information content (AvgIpc) is 2.98. The van der Waals surface area contributed by atoms with Crippen LogP contribution in [0, 0.1) is 24.2 Å². The molecule has 0 spiro atoms. The summed E-state index contributed by atoms with van der Waals surface area (Å²) in [4.78, 5) is 44.6. The zero-order valence-corrected chi connectivity index (χ0v) is 17.6. The Labute approximate surface area is 181 Å². The quantitative estimate of drug-likeness (QED) is 0.688. The molecule has 158 valence electrons. The average molecular weight is 415 g/mol. The summed E-state index contributed by atoms with van der Waals surface area (Å²) in [5.74, 6) is -0.541. The van der Waals surface area contributed by atoms with E-state index in [1.165, 1.54) is 11.1 Å². The number of benzene rings is 2. The van der Waals surface area contributed by atoms with Crippen LogP contribution in [0.15, 0.2) is 48.5 Å². The zero-order valence-electron chi connectivity index (χ0n) is 17.6. The van der Waals surface area contributed by atoms with Gasteiger partial charge in [0.2, 0.25) is 0 Å². The highest BCUT2D eigenvalue weighted by Crippen LogP contribution is 2.66. The minimum absolute atomic E-state index is 0.0151. The molecular formula is C26H25NO4. The fourth-order valence-corrected chi connectivity index (χ4v) is 7.18. The molecule has 0 N–H and O–H groups in total. The third kappa shape index (κ3) is 2.65. The first kappa shape index (κ1) is 18.8. The van der Waals surface area contributed by atoms with Gasteiger partial charge in [-0.3, -0.25) is 9.59 Å². The fourth-order valence-electron chi connectivity index (χ4n) is 7.18. The van der Waals surface area contributed by atoms with Crippen molar-refractivity contribution in [2.24, 2.45) is 17.3 Å². The van der Waals surface area contributed by atoms with E-state index in [2.05, 4.69) is 31.2 Å². The Morgan fingerprint density at radius 3 is 2.06 bits per heavy atom. The van der Waals surface area contributed by atoms with Gasteiger partial charge < -0.3 is 4.84 Å². The lowest BCUT2D eigenvalue weighted by molar-refractivity contribution is -0.197. The van der Waals surface area contributed by atoms with Crippen LogP contribution in [0.5, 0.6) is 0 Å². The van der Waals surface area contributed by atoms with Gasteiger partial charge in [0.25, 0.3) is 11.8 Å². The third-order valence-corrected chi connectivity index (χ3v) is 8.09. The largest absolute Gasteiger partial charge is 0.339 e. The molecule has 2 aromatic rings. The Bertz CT molecular complexity index is 1070. The number of hydrogen-bond acceptors (Lipinski definition) is 4. The first-order valence-electron chi connectivity index (χ1n) is 11.2. The predicted octanol–water partition coefficient (Wildman–Crippen LogP) is 4.59. The third-order valence-electron chi connectivity index (χ3n) is 8.09. The van der Waals surface area contributed by atoms with Crippen LogP contribution in [0.25, 0.3) is 0 Å². The van der Waals surface area contributed by atoms with Gasteiger partial charge in [-0.2, -0.15) is 0 Å². The number of amides is 2. The van der Waals surface area contributed by atoms with Gasteiger partial charge >= 0.3 is 5.97 Å². The molecule has 31 heavy (non-hydrogen) atoms. The van der Waals surface area contributed by atoms with E-state index in [1.54, 1.807) is 24.3 Å². The van der Waals surface area contributed by atoms with E-state index in [1.807, 2.05) is 0 Å². The summed E-state index contributed by atoms with van der Waals surface area (Å²) >= 11 is 0. The topological polar surface area (TPSA) is 63.7 Å². The number of aryl methyl sites for hydroxylation is 1. The smallest absolute Gasteiger partial charge is 0.329 e. The molecule has 0 radical (unpaired) electrons. The van der Waals surface area contributed by atoms with Crippen LogP contribution in [-0.2, 0) is 15.0 Å². The molecule has 2 aromatic carbocycles. The highest BCUT2D eigenvalue weighted by molar-refractivity contribution is 6.20. The second-order valence-corrected chi connectivity index (χ2v) is 10.2. The second kappa shape index (κ2) is 6.28. The van der Waals surface area contributed by atoms with Crippen LogP contribution >= 0.6 is 0 Å². The Kier molecular flexibility index (Phi) is 3.81. The molecular weight excluding hydrogens is 390 g/mol. The van der Waals surface area contributed by atoms with Crippen molar-refractivity contribution in [1.82, 2.24) is 5.06 Å². The number of carbonyl (C=O) groups excluding carboxylic acids is 3. The number of rotatable bonds is 3. The van der Waals surface area contributed by atoms with E-state index in [0.29, 0.717) is 28.0 Å². The van der Waals surface area contributed by atoms with Crippen molar-refractivity contribution in [2.75, 3.05) is 0 Å². The summed E-state index contributed by atoms with van der Waals surface area (Å²) in [5.41, 5.74) is 2.49. The van der Waals surface area contributed by atoms with E-state index in [4.69, 9.17) is 4.84 Å². The lowest BCUT2D eigenvalue weighted by atomic mass is 9.43. The maximum absolute atomic E-state index is 13.6. The van der Waals surface area contributed by atoms with Gasteiger partial charge in [-0.05, 0) is 80.4 Å². The summed E-state index contributed by atoms with van der Waals surface area (Å²) in [5, 5.41) is 0.685. The van der Waals surface area contributed by atoms with Crippen LogP contribution in [0.1, 0.15) is 70.4 Å². The van der Waals surface area contributed by atoms with Crippen molar-refractivity contribution < 1.29 is 19.2 Å². The van der Waals surface area contributed by atoms with Crippen LogP contribution in [-0.4, -0.2) is 22.8 Å². The summed E-state index contributed by atoms with van der Waals surface area (Å²) in [6.07, 6.45) is 5.69. The van der Waals surface area contributed by atoms with Crippen LogP contribution < -0.4 is 0 Å². The van der Waals surface area contributed by atoms with Gasteiger partial charge in [-0.15, -0.1) is 0 Å². The van der Waals surface area contributed by atoms with Gasteiger partial charge in [-0.1, -0.05) is 47.0 Å². The predicted molar refractivity (Wildman–Crippen MR) is 113 cm³/mol. The Balaban J connectivity index is 1.31. The Morgan fingerprint density at radius 1 is 0.903 bits per heavy atom. The SMILES string of the molecule is Cc1ccc(C23CC4CC(CC(C(=O)ON5C(=O)c6ccccc6C5=O)(C4)C2)C3)cc1. The lowest BCUT2D eigenvalue weighted by Gasteiger charge is -2.61. The highest BCUT2D eigenvalue weighted by atomic mass is 16.7. The molecule has 1 heterocycles. The standard InChI is InChI=1S/C26H25NO4/c1-16-6-8-19(9-7-16)25-11-17-10-18(12-25)14-26(13-17,15-25)24(30)31-27-22(28)20-4-2-3-5-21(20)23(27)29/h2-9,17-18H,10-15H2,1H3. The molecule has 4 saturated carbocycles. The van der Waals surface area contributed by atoms with E-state index in [-0.39, 0.29) is 5.41 Å². The van der Waals surface area contributed by atoms with Gasteiger partial charge in [0.15, 0.2) is 0 Å². The maximum Gasteiger partial charge on any atom is 0.339 e. The van der Waals surface area contributed by atoms with Gasteiger partial charge in [0.05, 0.1) is 16.5 Å². The van der Waals surface area contributed by atoms with E-state index in [0.717, 1.165) is 38.5 Å². The molecule has 5 aliphatic rings. The molecule has 2 amide bonds. The van der Waals surface area contributed by atoms with Gasteiger partial charge in [0, 0.05) is 0 Å². The number of nitrogens with zero attached hydrogens (tertiary/aromatic N) is 1. The molecule has 7 rings (SSSR count). The van der Waals surface area contributed by atoms with Gasteiger partial charge in [0.1, 0.15) is 0 Å². The zero-order chi connectivity index (χ0) is 21.4. The van der Waals surface area contributed by atoms with Crippen LogP contribution in [0.4, 0.5) is 0 Å². The number of fused-ring (bicyclic) bond motifs is 1. The van der Waals surface area contributed by atoms with Crippen molar-refractivity contribution in [3.05, 3.63) is 70.8 Å². The molecule has 4 bridgehead atoms. The minimum atomic E-state index is -0.621. The Morgan fingerprint density at radius 2 is 1.48 bits per heavy atom. The van der Waals surface area contributed by atoms with Crippen molar-refractivity contribution in [3.8, 4) is 0 Å². The first-order chi connectivity index (χ1) is 14.9. The number of carbonyl (C=O) groups is 3. The molecule has 4 fully saturated rings. The molecule has 5 nitrogen and oxygen atoms in total.